The highest BCUT2D eigenvalue weighted by molar-refractivity contribution is 6.23. The molecule has 2 aliphatic rings. The minimum Gasteiger partial charge on any atom is -0.492 e. The van der Waals surface area contributed by atoms with Crippen LogP contribution in [0, 0.1) is 11.8 Å². The van der Waals surface area contributed by atoms with Crippen molar-refractivity contribution >= 4 is 23.6 Å². The lowest BCUT2D eigenvalue weighted by molar-refractivity contribution is -0.121. The highest BCUT2D eigenvalue weighted by Crippen LogP contribution is 2.30. The second kappa shape index (κ2) is 14.9. The summed E-state index contributed by atoms with van der Waals surface area (Å²) in [6.45, 7) is 6.55. The fourth-order valence-corrected chi connectivity index (χ4v) is 4.77. The summed E-state index contributed by atoms with van der Waals surface area (Å²) in [5.41, 5.74) is 5.39. The predicted molar refractivity (Wildman–Crippen MR) is 148 cm³/mol. The fourth-order valence-electron chi connectivity index (χ4n) is 4.77. The number of nitrogens with one attached hydrogen (secondary N) is 1. The number of Topliss-reactive ketones (excluding diaryl/α,β-unsaturated/α-hetero) is 1. The number of amides is 2. The van der Waals surface area contributed by atoms with Gasteiger partial charge in [0.2, 0.25) is 11.6 Å². The number of carbonyl (C=O) groups excluding carboxylic acids is 4. The molecule has 0 fully saturated rings. The number of ketones is 2. The number of aliphatic hydroxyl groups excluding tert-OH is 2. The van der Waals surface area contributed by atoms with Gasteiger partial charge >= 0.3 is 6.09 Å². The molecular formula is C29H40N2O10. The summed E-state index contributed by atoms with van der Waals surface area (Å²) in [4.78, 5) is 50.7. The first-order chi connectivity index (χ1) is 19.3. The van der Waals surface area contributed by atoms with Crippen LogP contribution in [0.15, 0.2) is 58.6 Å². The highest BCUT2D eigenvalue weighted by Gasteiger charge is 2.38. The molecule has 7 atom stereocenters. The molecule has 0 spiro atoms. The Hall–Kier alpha value is -3.58. The van der Waals surface area contributed by atoms with Crippen LogP contribution in [0.4, 0.5) is 4.79 Å². The average Bonchev–Trinajstić information content (AvgIpc) is 2.92. The topological polar surface area (TPSA) is 184 Å². The summed E-state index contributed by atoms with van der Waals surface area (Å²) in [5.74, 6) is -3.71. The Morgan fingerprint density at radius 1 is 1.07 bits per heavy atom. The molecule has 1 aliphatic carbocycles. The molecule has 0 radical (unpaired) electrons. The van der Waals surface area contributed by atoms with Gasteiger partial charge in [-0.3, -0.25) is 14.4 Å². The first-order valence-corrected chi connectivity index (χ1v) is 13.1. The number of hydrogen-bond acceptors (Lipinski definition) is 10. The highest BCUT2D eigenvalue weighted by atomic mass is 16.6. The van der Waals surface area contributed by atoms with E-state index in [1.165, 1.54) is 40.4 Å². The van der Waals surface area contributed by atoms with Gasteiger partial charge in [-0.15, -0.1) is 0 Å². The third-order valence-corrected chi connectivity index (χ3v) is 7.14. The van der Waals surface area contributed by atoms with Crippen molar-refractivity contribution in [1.82, 2.24) is 5.32 Å². The maximum Gasteiger partial charge on any atom is 0.405 e. The minimum absolute atomic E-state index is 0.0793. The Labute approximate surface area is 239 Å². The van der Waals surface area contributed by atoms with Gasteiger partial charge in [0.1, 0.15) is 6.10 Å². The lowest BCUT2D eigenvalue weighted by Gasteiger charge is -2.31. The van der Waals surface area contributed by atoms with Crippen molar-refractivity contribution < 1.29 is 48.3 Å². The van der Waals surface area contributed by atoms with E-state index in [2.05, 4.69) is 5.32 Å². The van der Waals surface area contributed by atoms with Crippen LogP contribution in [0.2, 0.25) is 0 Å². The number of methoxy groups -OCH3 is 3. The summed E-state index contributed by atoms with van der Waals surface area (Å²) in [7, 11) is 4.01. The van der Waals surface area contributed by atoms with Crippen LogP contribution in [0.5, 0.6) is 0 Å². The van der Waals surface area contributed by atoms with Gasteiger partial charge in [-0.2, -0.15) is 0 Å². The maximum atomic E-state index is 13.4. The number of primary amides is 1. The molecule has 1 aliphatic heterocycles. The van der Waals surface area contributed by atoms with E-state index in [0.29, 0.717) is 5.57 Å². The average molecular weight is 577 g/mol. The molecule has 2 rings (SSSR count). The summed E-state index contributed by atoms with van der Waals surface area (Å²) in [6.07, 6.45) is 1.02. The zero-order chi connectivity index (χ0) is 31.0. The van der Waals surface area contributed by atoms with Gasteiger partial charge in [0, 0.05) is 31.8 Å². The van der Waals surface area contributed by atoms with Gasteiger partial charge in [0.15, 0.2) is 11.9 Å². The first-order valence-electron chi connectivity index (χ1n) is 13.1. The zero-order valence-corrected chi connectivity index (χ0v) is 24.4. The van der Waals surface area contributed by atoms with E-state index in [1.807, 2.05) is 0 Å². The number of rotatable bonds is 4. The Morgan fingerprint density at radius 3 is 2.29 bits per heavy atom. The van der Waals surface area contributed by atoms with E-state index in [0.717, 1.165) is 6.08 Å². The lowest BCUT2D eigenvalue weighted by atomic mass is 9.83. The summed E-state index contributed by atoms with van der Waals surface area (Å²) in [6, 6.07) is 0. The van der Waals surface area contributed by atoms with Crippen LogP contribution in [0.3, 0.4) is 0 Å². The molecular weight excluding hydrogens is 536 g/mol. The van der Waals surface area contributed by atoms with Gasteiger partial charge in [-0.1, -0.05) is 38.2 Å². The monoisotopic (exact) mass is 576 g/mol. The van der Waals surface area contributed by atoms with Gasteiger partial charge in [-0.25, -0.2) is 4.79 Å². The van der Waals surface area contributed by atoms with Gasteiger partial charge in [0.05, 0.1) is 36.7 Å². The molecule has 12 nitrogen and oxygen atoms in total. The van der Waals surface area contributed by atoms with E-state index < -0.39 is 65.9 Å². The molecule has 2 bridgehead atoms. The van der Waals surface area contributed by atoms with Crippen molar-refractivity contribution in [2.45, 2.75) is 64.6 Å². The van der Waals surface area contributed by atoms with Gasteiger partial charge in [0.25, 0.3) is 5.91 Å². The molecule has 12 heteroatoms. The largest absolute Gasteiger partial charge is 0.492 e. The van der Waals surface area contributed by atoms with E-state index in [4.69, 9.17) is 24.7 Å². The van der Waals surface area contributed by atoms with Crippen LogP contribution in [-0.4, -0.2) is 85.6 Å². The van der Waals surface area contributed by atoms with Crippen LogP contribution in [-0.2, 0) is 33.3 Å². The second-order valence-electron chi connectivity index (χ2n) is 10.1. The molecule has 0 aromatic carbocycles. The normalized spacial score (nSPS) is 34.0. The third kappa shape index (κ3) is 8.23. The number of ether oxygens (including phenoxy) is 4. The van der Waals surface area contributed by atoms with Crippen molar-refractivity contribution in [2.75, 3.05) is 21.3 Å². The Morgan fingerprint density at radius 2 is 1.73 bits per heavy atom. The Balaban J connectivity index is 2.66. The van der Waals surface area contributed by atoms with Crippen LogP contribution >= 0.6 is 0 Å². The van der Waals surface area contributed by atoms with Crippen LogP contribution in [0.25, 0.3) is 0 Å². The van der Waals surface area contributed by atoms with Crippen molar-refractivity contribution in [3.63, 3.8) is 0 Å². The SMILES string of the molecule is COC1=C2C(=O)C(=CC1=O)NC(=O)/C(C)=C\C=C\[C@@H](OC)[C@@H](OC(N)=O)/C(C)=C/[C@H](C)[C@@H](O)[C@@H](OC)C[C@H](C)[C@H]2O. The Kier molecular flexibility index (Phi) is 12.2. The number of fused-ring (bicyclic) bond motifs is 2. The fraction of sp³-hybridized carbons (Fsp3) is 0.517. The molecule has 0 aromatic rings. The standard InChI is InChI=1S/C29H40N2O10/c1-14-9-8-10-20(38-5)26(41-29(30)37)17(4)11-15(2)23(33)21(39-6)12-16(3)24(34)22-25(35)18(31-28(14)36)13-19(32)27(22)40-7/h8-11,13,15-16,20-21,23-24,26,33-34H,12H2,1-7H3,(H2,30,37)(H,31,36)/b10-8+,14-9-,17-11+/t15-,16-,20+,21-,23+,24+,26-/m0/s1. The number of nitrogens with two attached hydrogens (primary N) is 1. The van der Waals surface area contributed by atoms with Gasteiger partial charge in [-0.05, 0) is 31.8 Å². The zero-order valence-electron chi connectivity index (χ0n) is 24.4. The number of hydrogen-bond donors (Lipinski definition) is 4. The smallest absolute Gasteiger partial charge is 0.405 e. The molecule has 2 amide bonds. The molecule has 0 saturated carbocycles. The molecule has 1 heterocycles. The minimum atomic E-state index is -1.49. The van der Waals surface area contributed by atoms with E-state index >= 15 is 0 Å². The van der Waals surface area contributed by atoms with Crippen molar-refractivity contribution in [1.29, 1.82) is 0 Å². The summed E-state index contributed by atoms with van der Waals surface area (Å²) < 4.78 is 21.5. The molecule has 5 N–H and O–H groups in total. The summed E-state index contributed by atoms with van der Waals surface area (Å²) >= 11 is 0. The van der Waals surface area contributed by atoms with Crippen molar-refractivity contribution in [2.24, 2.45) is 17.6 Å². The van der Waals surface area contributed by atoms with E-state index in [1.54, 1.807) is 32.9 Å². The molecule has 226 valence electrons. The molecule has 0 unspecified atom stereocenters. The van der Waals surface area contributed by atoms with E-state index in [-0.39, 0.29) is 29.0 Å². The summed E-state index contributed by atoms with van der Waals surface area (Å²) in [5, 5.41) is 24.8. The third-order valence-electron chi connectivity index (χ3n) is 7.14. The lowest BCUT2D eigenvalue weighted by Crippen LogP contribution is -2.40. The van der Waals surface area contributed by atoms with Crippen LogP contribution in [0.1, 0.15) is 34.1 Å². The van der Waals surface area contributed by atoms with Gasteiger partial charge < -0.3 is 40.2 Å². The number of carbonyl (C=O) groups is 4. The quantitative estimate of drug-likeness (QED) is 0.282. The second-order valence-corrected chi connectivity index (χ2v) is 10.1. The van der Waals surface area contributed by atoms with Crippen molar-refractivity contribution in [3.8, 4) is 0 Å². The maximum absolute atomic E-state index is 13.4. The number of aliphatic hydroxyl groups is 2. The molecule has 41 heavy (non-hydrogen) atoms. The van der Waals surface area contributed by atoms with Crippen LogP contribution < -0.4 is 11.1 Å². The first kappa shape index (κ1) is 33.6. The van der Waals surface area contributed by atoms with E-state index in [9.17, 15) is 29.4 Å². The van der Waals surface area contributed by atoms with Crippen molar-refractivity contribution in [3.05, 3.63) is 58.6 Å². The number of allylic oxidation sites excluding steroid dienone is 4. The molecule has 0 aromatic heterocycles. The molecule has 0 saturated heterocycles. The Bertz CT molecular complexity index is 1180. The predicted octanol–water partition coefficient (Wildman–Crippen LogP) is 1.38.